The largest absolute Gasteiger partial charge is 0.507 e. The number of nitrogens with zero attached hydrogens (tertiary/aromatic N) is 1. The number of rotatable bonds is 5. The summed E-state index contributed by atoms with van der Waals surface area (Å²) in [6, 6.07) is 13.7. The predicted octanol–water partition coefficient (Wildman–Crippen LogP) is 4.84. The minimum atomic E-state index is -0.000449. The van der Waals surface area contributed by atoms with Gasteiger partial charge in [0.25, 0.3) is 0 Å². The van der Waals surface area contributed by atoms with E-state index in [9.17, 15) is 5.11 Å². The molecule has 1 N–H and O–H groups in total. The Bertz CT molecular complexity index is 717. The number of aromatic hydroxyl groups is 1. The number of ether oxygens (including phenoxy) is 2. The van der Waals surface area contributed by atoms with Crippen LogP contribution < -0.4 is 4.74 Å². The number of hydrogen-bond acceptors (Lipinski definition) is 4. The SMILES string of the molecule is CC.Cc1cc(CC2=NC(COc3ccccc3)C(C)O2)cc(C)c1O. The molecule has 0 bridgehead atoms. The number of phenols is 1. The van der Waals surface area contributed by atoms with Crippen molar-refractivity contribution in [2.75, 3.05) is 6.61 Å². The molecular weight excluding hydrogens is 326 g/mol. The highest BCUT2D eigenvalue weighted by Gasteiger charge is 2.27. The van der Waals surface area contributed by atoms with Gasteiger partial charge in [-0.25, -0.2) is 4.99 Å². The third-order valence-corrected chi connectivity index (χ3v) is 4.24. The molecule has 1 aliphatic rings. The quantitative estimate of drug-likeness (QED) is 0.835. The zero-order chi connectivity index (χ0) is 19.1. The fraction of sp³-hybridized carbons (Fsp3) is 0.409. The molecule has 0 spiro atoms. The zero-order valence-electron chi connectivity index (χ0n) is 16.3. The zero-order valence-corrected chi connectivity index (χ0v) is 16.3. The van der Waals surface area contributed by atoms with Gasteiger partial charge in [0.2, 0.25) is 0 Å². The van der Waals surface area contributed by atoms with E-state index in [2.05, 4.69) is 4.99 Å². The van der Waals surface area contributed by atoms with Gasteiger partial charge in [-0.2, -0.15) is 0 Å². The average molecular weight is 355 g/mol. The lowest BCUT2D eigenvalue weighted by Gasteiger charge is -2.13. The normalized spacial score (nSPS) is 18.4. The maximum atomic E-state index is 9.88. The smallest absolute Gasteiger partial charge is 0.188 e. The van der Waals surface area contributed by atoms with Crippen LogP contribution in [0.15, 0.2) is 47.5 Å². The molecule has 1 aliphatic heterocycles. The van der Waals surface area contributed by atoms with Gasteiger partial charge in [0, 0.05) is 6.42 Å². The van der Waals surface area contributed by atoms with E-state index in [0.717, 1.165) is 28.3 Å². The number of aliphatic imine (C=N–C) groups is 1. The Balaban J connectivity index is 0.00000117. The van der Waals surface area contributed by atoms with Gasteiger partial charge in [-0.3, -0.25) is 0 Å². The van der Waals surface area contributed by atoms with Crippen molar-refractivity contribution in [2.45, 2.75) is 53.2 Å². The first kappa shape index (κ1) is 19.8. The van der Waals surface area contributed by atoms with E-state index in [1.165, 1.54) is 0 Å². The third-order valence-electron chi connectivity index (χ3n) is 4.24. The van der Waals surface area contributed by atoms with Crippen LogP contribution in [-0.2, 0) is 11.2 Å². The molecular formula is C22H29NO3. The molecule has 0 radical (unpaired) electrons. The number of para-hydroxylation sites is 1. The lowest BCUT2D eigenvalue weighted by atomic mass is 10.0. The Morgan fingerprint density at radius 1 is 1.08 bits per heavy atom. The molecule has 0 amide bonds. The summed E-state index contributed by atoms with van der Waals surface area (Å²) in [7, 11) is 0. The van der Waals surface area contributed by atoms with Crippen molar-refractivity contribution in [3.63, 3.8) is 0 Å². The highest BCUT2D eigenvalue weighted by atomic mass is 16.5. The average Bonchev–Trinajstić information content (AvgIpc) is 2.99. The summed E-state index contributed by atoms with van der Waals surface area (Å²) in [6.07, 6.45) is 0.636. The van der Waals surface area contributed by atoms with Crippen molar-refractivity contribution >= 4 is 5.90 Å². The van der Waals surface area contributed by atoms with Crippen molar-refractivity contribution in [3.05, 3.63) is 59.2 Å². The molecule has 2 aromatic rings. The van der Waals surface area contributed by atoms with E-state index >= 15 is 0 Å². The van der Waals surface area contributed by atoms with Crippen LogP contribution in [0.2, 0.25) is 0 Å². The van der Waals surface area contributed by atoms with E-state index in [0.29, 0.717) is 18.8 Å². The Labute approximate surface area is 156 Å². The van der Waals surface area contributed by atoms with Crippen LogP contribution in [0.3, 0.4) is 0 Å². The van der Waals surface area contributed by atoms with E-state index in [4.69, 9.17) is 9.47 Å². The Kier molecular flexibility index (Phi) is 7.07. The van der Waals surface area contributed by atoms with Gasteiger partial charge < -0.3 is 14.6 Å². The van der Waals surface area contributed by atoms with E-state index in [1.54, 1.807) is 0 Å². The highest BCUT2D eigenvalue weighted by molar-refractivity contribution is 5.80. The summed E-state index contributed by atoms with van der Waals surface area (Å²) in [5, 5.41) is 9.88. The second-order valence-corrected chi connectivity index (χ2v) is 6.29. The maximum Gasteiger partial charge on any atom is 0.188 e. The van der Waals surface area contributed by atoms with Gasteiger partial charge in [-0.15, -0.1) is 0 Å². The molecule has 2 unspecified atom stereocenters. The standard InChI is InChI=1S/C20H23NO3.C2H6/c1-13-9-16(10-14(2)20(13)22)11-19-21-18(15(3)24-19)12-23-17-7-5-4-6-8-17;1-2/h4-10,15,18,22H,11-12H2,1-3H3;1-2H3. The molecule has 140 valence electrons. The van der Waals surface area contributed by atoms with Crippen LogP contribution in [-0.4, -0.2) is 29.8 Å². The van der Waals surface area contributed by atoms with Crippen LogP contribution >= 0.6 is 0 Å². The van der Waals surface area contributed by atoms with E-state index < -0.39 is 0 Å². The number of phenolic OH excluding ortho intramolecular Hbond substituents is 1. The predicted molar refractivity (Wildman–Crippen MR) is 106 cm³/mol. The molecule has 2 atom stereocenters. The van der Waals surface area contributed by atoms with E-state index in [-0.39, 0.29) is 12.1 Å². The van der Waals surface area contributed by atoms with Crippen molar-refractivity contribution in [3.8, 4) is 11.5 Å². The Morgan fingerprint density at radius 2 is 1.69 bits per heavy atom. The molecule has 2 aromatic carbocycles. The van der Waals surface area contributed by atoms with Crippen molar-refractivity contribution in [1.82, 2.24) is 0 Å². The minimum Gasteiger partial charge on any atom is -0.507 e. The second-order valence-electron chi connectivity index (χ2n) is 6.29. The van der Waals surface area contributed by atoms with Crippen LogP contribution in [0.1, 0.15) is 37.5 Å². The molecule has 0 saturated heterocycles. The number of benzene rings is 2. The first-order valence-corrected chi connectivity index (χ1v) is 9.23. The summed E-state index contributed by atoms with van der Waals surface area (Å²) >= 11 is 0. The molecule has 3 rings (SSSR count). The first-order chi connectivity index (χ1) is 12.5. The number of hydrogen-bond donors (Lipinski definition) is 1. The summed E-state index contributed by atoms with van der Waals surface area (Å²) in [5.74, 6) is 1.93. The lowest BCUT2D eigenvalue weighted by molar-refractivity contribution is 0.171. The molecule has 1 heterocycles. The van der Waals surface area contributed by atoms with Crippen molar-refractivity contribution < 1.29 is 14.6 Å². The third kappa shape index (κ3) is 5.01. The monoisotopic (exact) mass is 355 g/mol. The molecule has 0 saturated carbocycles. The molecule has 4 heteroatoms. The summed E-state index contributed by atoms with van der Waals surface area (Å²) in [4.78, 5) is 4.67. The summed E-state index contributed by atoms with van der Waals surface area (Å²) in [5.41, 5.74) is 2.85. The summed E-state index contributed by atoms with van der Waals surface area (Å²) < 4.78 is 11.7. The molecule has 0 aromatic heterocycles. The van der Waals surface area contributed by atoms with Crippen LogP contribution in [0, 0.1) is 13.8 Å². The fourth-order valence-electron chi connectivity index (χ4n) is 2.89. The van der Waals surface area contributed by atoms with Crippen molar-refractivity contribution in [2.24, 2.45) is 4.99 Å². The van der Waals surface area contributed by atoms with Gasteiger partial charge in [0.1, 0.15) is 30.3 Å². The Morgan fingerprint density at radius 3 is 2.31 bits per heavy atom. The fourth-order valence-corrected chi connectivity index (χ4v) is 2.89. The van der Waals surface area contributed by atoms with Crippen molar-refractivity contribution in [1.29, 1.82) is 0 Å². The van der Waals surface area contributed by atoms with Gasteiger partial charge in [0.05, 0.1) is 0 Å². The molecule has 0 fully saturated rings. The van der Waals surface area contributed by atoms with Crippen LogP contribution in [0.25, 0.3) is 0 Å². The van der Waals surface area contributed by atoms with Crippen LogP contribution in [0.4, 0.5) is 0 Å². The lowest BCUT2D eigenvalue weighted by Crippen LogP contribution is -2.25. The first-order valence-electron chi connectivity index (χ1n) is 9.23. The van der Waals surface area contributed by atoms with E-state index in [1.807, 2.05) is 77.1 Å². The Hall–Kier alpha value is -2.49. The van der Waals surface area contributed by atoms with Gasteiger partial charge in [-0.1, -0.05) is 44.2 Å². The molecule has 0 aliphatic carbocycles. The number of aryl methyl sites for hydroxylation is 2. The molecule has 4 nitrogen and oxygen atoms in total. The minimum absolute atomic E-state index is 0.000449. The second kappa shape index (κ2) is 9.27. The maximum absolute atomic E-state index is 9.88. The van der Waals surface area contributed by atoms with Crippen LogP contribution in [0.5, 0.6) is 11.5 Å². The van der Waals surface area contributed by atoms with Gasteiger partial charge >= 0.3 is 0 Å². The molecule has 26 heavy (non-hydrogen) atoms. The summed E-state index contributed by atoms with van der Waals surface area (Å²) in [6.45, 7) is 10.3. The van der Waals surface area contributed by atoms with Gasteiger partial charge in [0.15, 0.2) is 5.90 Å². The van der Waals surface area contributed by atoms with Gasteiger partial charge in [-0.05, 0) is 49.6 Å². The topological polar surface area (TPSA) is 51.0 Å². The highest BCUT2D eigenvalue weighted by Crippen LogP contribution is 2.25.